The summed E-state index contributed by atoms with van der Waals surface area (Å²) in [4.78, 5) is 13.9. The van der Waals surface area contributed by atoms with Crippen LogP contribution < -0.4 is 10.1 Å². The Balaban J connectivity index is 1.69. The molecule has 0 spiro atoms. The fraction of sp³-hybridized carbons (Fsp3) is 0.588. The van der Waals surface area contributed by atoms with Gasteiger partial charge in [0.05, 0.1) is 6.61 Å². The van der Waals surface area contributed by atoms with Crippen molar-refractivity contribution in [2.75, 3.05) is 31.7 Å². The van der Waals surface area contributed by atoms with Crippen molar-refractivity contribution in [2.45, 2.75) is 39.0 Å². The van der Waals surface area contributed by atoms with Gasteiger partial charge in [0.2, 0.25) is 0 Å². The highest BCUT2D eigenvalue weighted by Crippen LogP contribution is 2.16. The molecule has 1 heterocycles. The lowest BCUT2D eigenvalue weighted by Gasteiger charge is -2.25. The lowest BCUT2D eigenvalue weighted by molar-refractivity contribution is 0.0659. The Morgan fingerprint density at radius 2 is 1.91 bits per heavy atom. The maximum Gasteiger partial charge on any atom is 0.412 e. The van der Waals surface area contributed by atoms with Gasteiger partial charge in [0, 0.05) is 18.8 Å². The monoisotopic (exact) mass is 306 g/mol. The molecule has 0 unspecified atom stereocenters. The summed E-state index contributed by atoms with van der Waals surface area (Å²) in [5.41, 5.74) is 0.714. The number of nitrogens with one attached hydrogen (secondary N) is 1. The lowest BCUT2D eigenvalue weighted by atomic mass is 10.1. The van der Waals surface area contributed by atoms with Crippen LogP contribution in [0.25, 0.3) is 0 Å². The van der Waals surface area contributed by atoms with Crippen LogP contribution in [0.2, 0.25) is 0 Å². The molecule has 1 aliphatic heterocycles. The SMILES string of the molecule is CCCCOc1ccc(NC(=O)OCN2CCCCC2)cc1. The number of ether oxygens (including phenoxy) is 2. The van der Waals surface area contributed by atoms with E-state index in [1.165, 1.54) is 19.3 Å². The standard InChI is InChI=1S/C17H26N2O3/c1-2-3-13-21-16-9-7-15(8-10-16)18-17(20)22-14-19-11-5-4-6-12-19/h7-10H,2-6,11-14H2,1H3,(H,18,20). The van der Waals surface area contributed by atoms with Crippen LogP contribution in [0, 0.1) is 0 Å². The number of carbonyl (C=O) groups excluding carboxylic acids is 1. The summed E-state index contributed by atoms with van der Waals surface area (Å²) < 4.78 is 10.8. The number of amides is 1. The smallest absolute Gasteiger partial charge is 0.412 e. The van der Waals surface area contributed by atoms with E-state index in [9.17, 15) is 4.79 Å². The summed E-state index contributed by atoms with van der Waals surface area (Å²) in [5, 5.41) is 2.73. The fourth-order valence-electron chi connectivity index (χ4n) is 2.36. The van der Waals surface area contributed by atoms with Gasteiger partial charge in [-0.2, -0.15) is 0 Å². The van der Waals surface area contributed by atoms with Gasteiger partial charge in [-0.1, -0.05) is 19.8 Å². The van der Waals surface area contributed by atoms with Crippen LogP contribution in [0.1, 0.15) is 39.0 Å². The largest absolute Gasteiger partial charge is 0.494 e. The maximum atomic E-state index is 11.8. The average molecular weight is 306 g/mol. The molecule has 2 rings (SSSR count). The van der Waals surface area contributed by atoms with E-state index in [0.29, 0.717) is 12.4 Å². The van der Waals surface area contributed by atoms with Crippen molar-refractivity contribution in [3.05, 3.63) is 24.3 Å². The Bertz CT molecular complexity index is 442. The van der Waals surface area contributed by atoms with E-state index in [4.69, 9.17) is 9.47 Å². The van der Waals surface area contributed by atoms with Crippen LogP contribution in [0.3, 0.4) is 0 Å². The molecule has 0 aliphatic carbocycles. The van der Waals surface area contributed by atoms with Gasteiger partial charge in [0.25, 0.3) is 0 Å². The minimum atomic E-state index is -0.412. The summed E-state index contributed by atoms with van der Waals surface area (Å²) >= 11 is 0. The summed E-state index contributed by atoms with van der Waals surface area (Å²) in [6.07, 6.45) is 5.39. The zero-order chi connectivity index (χ0) is 15.6. The molecule has 1 aromatic rings. The Labute approximate surface area is 132 Å². The number of nitrogens with zero attached hydrogens (tertiary/aromatic N) is 1. The fourth-order valence-corrected chi connectivity index (χ4v) is 2.36. The van der Waals surface area contributed by atoms with Crippen LogP contribution >= 0.6 is 0 Å². The van der Waals surface area contributed by atoms with Crippen LogP contribution in [0.5, 0.6) is 5.75 Å². The Kier molecular flexibility index (Phi) is 7.03. The summed E-state index contributed by atoms with van der Waals surface area (Å²) in [7, 11) is 0. The molecular formula is C17H26N2O3. The number of rotatable bonds is 7. The van der Waals surface area contributed by atoms with E-state index in [1.807, 2.05) is 24.3 Å². The summed E-state index contributed by atoms with van der Waals surface area (Å²) in [6, 6.07) is 7.36. The molecule has 1 N–H and O–H groups in total. The quantitative estimate of drug-likeness (QED) is 0.777. The topological polar surface area (TPSA) is 50.8 Å². The highest BCUT2D eigenvalue weighted by molar-refractivity contribution is 5.84. The molecule has 1 aromatic carbocycles. The van der Waals surface area contributed by atoms with Crippen LogP contribution in [0.4, 0.5) is 10.5 Å². The molecule has 0 aromatic heterocycles. The summed E-state index contributed by atoms with van der Waals surface area (Å²) in [5.74, 6) is 0.820. The third-order valence-corrected chi connectivity index (χ3v) is 3.69. The second-order valence-corrected chi connectivity index (χ2v) is 5.59. The minimum absolute atomic E-state index is 0.365. The summed E-state index contributed by atoms with van der Waals surface area (Å²) in [6.45, 7) is 5.24. The first-order valence-corrected chi connectivity index (χ1v) is 8.17. The van der Waals surface area contributed by atoms with Gasteiger partial charge in [-0.3, -0.25) is 10.2 Å². The van der Waals surface area contributed by atoms with Crippen molar-refractivity contribution in [1.82, 2.24) is 4.90 Å². The van der Waals surface area contributed by atoms with Gasteiger partial charge < -0.3 is 9.47 Å². The molecule has 0 saturated carbocycles. The second kappa shape index (κ2) is 9.30. The van der Waals surface area contributed by atoms with Gasteiger partial charge in [0.15, 0.2) is 0 Å². The number of unbranched alkanes of at least 4 members (excludes halogenated alkanes) is 1. The number of hydrogen-bond donors (Lipinski definition) is 1. The van der Waals surface area contributed by atoms with E-state index in [0.717, 1.165) is 38.3 Å². The Morgan fingerprint density at radius 3 is 2.59 bits per heavy atom. The van der Waals surface area contributed by atoms with Crippen molar-refractivity contribution in [2.24, 2.45) is 0 Å². The molecular weight excluding hydrogens is 280 g/mol. The molecule has 22 heavy (non-hydrogen) atoms. The highest BCUT2D eigenvalue weighted by atomic mass is 16.6. The second-order valence-electron chi connectivity index (χ2n) is 5.59. The first-order valence-electron chi connectivity index (χ1n) is 8.17. The molecule has 122 valence electrons. The van der Waals surface area contributed by atoms with E-state index in [1.54, 1.807) is 0 Å². The molecule has 0 bridgehead atoms. The third kappa shape index (κ3) is 5.93. The number of hydrogen-bond acceptors (Lipinski definition) is 4. The van der Waals surface area contributed by atoms with Crippen LogP contribution in [-0.2, 0) is 4.74 Å². The van der Waals surface area contributed by atoms with Gasteiger partial charge in [-0.15, -0.1) is 0 Å². The molecule has 1 fully saturated rings. The Morgan fingerprint density at radius 1 is 1.18 bits per heavy atom. The number of piperidine rings is 1. The highest BCUT2D eigenvalue weighted by Gasteiger charge is 2.12. The molecule has 1 saturated heterocycles. The van der Waals surface area contributed by atoms with Crippen molar-refractivity contribution in [3.63, 3.8) is 0 Å². The van der Waals surface area contributed by atoms with Crippen LogP contribution in [-0.4, -0.2) is 37.4 Å². The number of likely N-dealkylation sites (tertiary alicyclic amines) is 1. The predicted molar refractivity (Wildman–Crippen MR) is 87.2 cm³/mol. The van der Waals surface area contributed by atoms with Gasteiger partial charge in [-0.05, 0) is 43.5 Å². The van der Waals surface area contributed by atoms with E-state index >= 15 is 0 Å². The molecule has 5 nitrogen and oxygen atoms in total. The first-order chi connectivity index (χ1) is 10.8. The maximum absolute atomic E-state index is 11.8. The molecule has 1 aliphatic rings. The lowest BCUT2D eigenvalue weighted by Crippen LogP contribution is -2.33. The molecule has 5 heteroatoms. The zero-order valence-electron chi connectivity index (χ0n) is 13.3. The number of benzene rings is 1. The van der Waals surface area contributed by atoms with Crippen molar-refractivity contribution < 1.29 is 14.3 Å². The number of anilines is 1. The van der Waals surface area contributed by atoms with Gasteiger partial charge in [0.1, 0.15) is 12.5 Å². The van der Waals surface area contributed by atoms with E-state index in [-0.39, 0.29) is 0 Å². The van der Waals surface area contributed by atoms with Crippen molar-refractivity contribution in [3.8, 4) is 5.75 Å². The average Bonchev–Trinajstić information content (AvgIpc) is 2.56. The van der Waals surface area contributed by atoms with Crippen LogP contribution in [0.15, 0.2) is 24.3 Å². The molecule has 0 atom stereocenters. The van der Waals surface area contributed by atoms with Crippen molar-refractivity contribution in [1.29, 1.82) is 0 Å². The van der Waals surface area contributed by atoms with E-state index < -0.39 is 6.09 Å². The molecule has 0 radical (unpaired) electrons. The van der Waals surface area contributed by atoms with Crippen molar-refractivity contribution >= 4 is 11.8 Å². The Hall–Kier alpha value is -1.75. The molecule has 1 amide bonds. The minimum Gasteiger partial charge on any atom is -0.494 e. The predicted octanol–water partition coefficient (Wildman–Crippen LogP) is 3.86. The third-order valence-electron chi connectivity index (χ3n) is 3.69. The zero-order valence-corrected chi connectivity index (χ0v) is 13.3. The first kappa shape index (κ1) is 16.6. The van der Waals surface area contributed by atoms with Gasteiger partial charge in [-0.25, -0.2) is 4.79 Å². The van der Waals surface area contributed by atoms with E-state index in [2.05, 4.69) is 17.1 Å². The number of carbonyl (C=O) groups is 1. The van der Waals surface area contributed by atoms with Gasteiger partial charge >= 0.3 is 6.09 Å². The normalized spacial score (nSPS) is 15.3.